The minimum absolute atomic E-state index is 0.0994. The standard InChI is InChI=1S/C26H15ClN2O7/c27-14-11-9-13(10-12-14)21-19-20(26(36-21)22(30)15-5-1-2-6-16(15)23(26)31)25(33)28(24(19)32)17-7-3-4-8-18(17)29(34)35/h1-12,19-21H. The van der Waals surface area contributed by atoms with Crippen LogP contribution in [-0.4, -0.2) is 33.9 Å². The number of para-hydroxylation sites is 2. The smallest absolute Gasteiger partial charge is 0.293 e. The van der Waals surface area contributed by atoms with Crippen molar-refractivity contribution < 1.29 is 28.8 Å². The number of anilines is 1. The van der Waals surface area contributed by atoms with E-state index in [9.17, 15) is 29.3 Å². The number of nitrogens with zero attached hydrogens (tertiary/aromatic N) is 2. The van der Waals surface area contributed by atoms with Gasteiger partial charge in [0.15, 0.2) is 0 Å². The van der Waals surface area contributed by atoms with Crippen molar-refractivity contribution in [1.29, 1.82) is 0 Å². The van der Waals surface area contributed by atoms with Crippen molar-refractivity contribution in [2.24, 2.45) is 11.8 Å². The molecule has 3 atom stereocenters. The molecule has 2 amide bonds. The SMILES string of the molecule is O=C1C2C(c3ccc(Cl)cc3)OC3(C(=O)c4ccccc4C3=O)C2C(=O)N1c1ccccc1[N+](=O)[O-]. The number of halogens is 1. The second-order valence-electron chi connectivity index (χ2n) is 8.79. The maximum absolute atomic E-state index is 13.9. The van der Waals surface area contributed by atoms with Gasteiger partial charge in [-0.3, -0.25) is 29.3 Å². The molecule has 0 N–H and O–H groups in total. The van der Waals surface area contributed by atoms with E-state index < -0.39 is 57.5 Å². The fraction of sp³-hybridized carbons (Fsp3) is 0.154. The molecule has 2 saturated heterocycles. The monoisotopic (exact) mass is 502 g/mol. The minimum atomic E-state index is -2.26. The summed E-state index contributed by atoms with van der Waals surface area (Å²) in [5.41, 5.74) is -2.31. The topological polar surface area (TPSA) is 124 Å². The second-order valence-corrected chi connectivity index (χ2v) is 9.23. The van der Waals surface area contributed by atoms with Gasteiger partial charge in [-0.25, -0.2) is 4.90 Å². The Morgan fingerprint density at radius 2 is 1.42 bits per heavy atom. The van der Waals surface area contributed by atoms with E-state index in [-0.39, 0.29) is 16.8 Å². The number of benzene rings is 3. The molecule has 10 heteroatoms. The van der Waals surface area contributed by atoms with Crippen LogP contribution >= 0.6 is 11.6 Å². The van der Waals surface area contributed by atoms with Gasteiger partial charge in [-0.15, -0.1) is 0 Å². The van der Waals surface area contributed by atoms with Crippen LogP contribution in [0.3, 0.4) is 0 Å². The number of imide groups is 1. The number of carbonyl (C=O) groups is 4. The number of ketones is 2. The number of rotatable bonds is 3. The summed E-state index contributed by atoms with van der Waals surface area (Å²) in [5, 5.41) is 12.1. The van der Waals surface area contributed by atoms with E-state index in [2.05, 4.69) is 0 Å². The van der Waals surface area contributed by atoms with Crippen molar-refractivity contribution in [3.63, 3.8) is 0 Å². The minimum Gasteiger partial charge on any atom is -0.349 e. The second kappa shape index (κ2) is 7.64. The summed E-state index contributed by atoms with van der Waals surface area (Å²) in [4.78, 5) is 66.8. The highest BCUT2D eigenvalue weighted by atomic mass is 35.5. The lowest BCUT2D eigenvalue weighted by molar-refractivity contribution is -0.384. The quantitative estimate of drug-likeness (QED) is 0.230. The molecule has 0 radical (unpaired) electrons. The maximum Gasteiger partial charge on any atom is 0.293 e. The third-order valence-corrected chi connectivity index (χ3v) is 7.29. The van der Waals surface area contributed by atoms with Crippen LogP contribution in [0.2, 0.25) is 5.02 Å². The van der Waals surface area contributed by atoms with E-state index in [1.807, 2.05) is 0 Å². The van der Waals surface area contributed by atoms with E-state index in [1.165, 1.54) is 36.4 Å². The van der Waals surface area contributed by atoms with Crippen LogP contribution in [0.25, 0.3) is 0 Å². The van der Waals surface area contributed by atoms with Gasteiger partial charge in [0, 0.05) is 22.2 Å². The molecular weight excluding hydrogens is 488 g/mol. The van der Waals surface area contributed by atoms with E-state index >= 15 is 0 Å². The number of nitro groups is 1. The predicted octanol–water partition coefficient (Wildman–Crippen LogP) is 3.94. The summed E-state index contributed by atoms with van der Waals surface area (Å²) in [6.07, 6.45) is -1.14. The first-order valence-corrected chi connectivity index (χ1v) is 11.4. The van der Waals surface area contributed by atoms with Gasteiger partial charge in [-0.1, -0.05) is 60.1 Å². The van der Waals surface area contributed by atoms with Gasteiger partial charge in [-0.05, 0) is 23.8 Å². The molecule has 9 nitrogen and oxygen atoms in total. The normalized spacial score (nSPS) is 23.9. The zero-order valence-electron chi connectivity index (χ0n) is 18.3. The molecule has 3 aromatic carbocycles. The van der Waals surface area contributed by atoms with Crippen molar-refractivity contribution in [2.75, 3.05) is 4.90 Å². The number of nitro benzene ring substituents is 1. The Morgan fingerprint density at radius 1 is 0.833 bits per heavy atom. The highest BCUT2D eigenvalue weighted by molar-refractivity contribution is 6.37. The van der Waals surface area contributed by atoms with Crippen molar-refractivity contribution >= 4 is 46.4 Å². The van der Waals surface area contributed by atoms with Crippen LogP contribution in [-0.2, 0) is 14.3 Å². The summed E-state index contributed by atoms with van der Waals surface area (Å²) in [6.45, 7) is 0. The third kappa shape index (κ3) is 2.75. The van der Waals surface area contributed by atoms with Gasteiger partial charge < -0.3 is 4.74 Å². The molecule has 3 aromatic rings. The zero-order valence-corrected chi connectivity index (χ0v) is 19.0. The van der Waals surface area contributed by atoms with E-state index in [0.29, 0.717) is 15.5 Å². The lowest BCUT2D eigenvalue weighted by Gasteiger charge is -2.27. The fourth-order valence-corrected chi connectivity index (χ4v) is 5.64. The number of amides is 2. The highest BCUT2D eigenvalue weighted by Gasteiger charge is 2.75. The Balaban J connectivity index is 1.56. The molecule has 2 heterocycles. The van der Waals surface area contributed by atoms with Gasteiger partial charge in [-0.2, -0.15) is 0 Å². The number of hydrogen-bond donors (Lipinski definition) is 0. The first-order chi connectivity index (χ1) is 17.3. The van der Waals surface area contributed by atoms with Gasteiger partial charge in [0.2, 0.25) is 29.0 Å². The maximum atomic E-state index is 13.9. The van der Waals surface area contributed by atoms with Crippen molar-refractivity contribution in [3.8, 4) is 0 Å². The molecule has 1 spiro atoms. The van der Waals surface area contributed by atoms with E-state index in [4.69, 9.17) is 16.3 Å². The molecule has 0 saturated carbocycles. The highest BCUT2D eigenvalue weighted by Crippen LogP contribution is 2.58. The van der Waals surface area contributed by atoms with E-state index in [0.717, 1.165) is 0 Å². The molecular formula is C26H15ClN2O7. The van der Waals surface area contributed by atoms with E-state index in [1.54, 1.807) is 36.4 Å². The van der Waals surface area contributed by atoms with Crippen LogP contribution in [0, 0.1) is 22.0 Å². The average molecular weight is 503 g/mol. The van der Waals surface area contributed by atoms with Crippen LogP contribution in [0.4, 0.5) is 11.4 Å². The fourth-order valence-electron chi connectivity index (χ4n) is 5.52. The number of hydrogen-bond acceptors (Lipinski definition) is 7. The summed E-state index contributed by atoms with van der Waals surface area (Å²) >= 11 is 6.02. The lowest BCUT2D eigenvalue weighted by atomic mass is 9.77. The number of carbonyl (C=O) groups excluding carboxylic acids is 4. The molecule has 178 valence electrons. The molecule has 0 aromatic heterocycles. The van der Waals surface area contributed by atoms with Crippen LogP contribution in [0.5, 0.6) is 0 Å². The third-order valence-electron chi connectivity index (χ3n) is 7.04. The summed E-state index contributed by atoms with van der Waals surface area (Å²) in [7, 11) is 0. The van der Waals surface area contributed by atoms with Crippen LogP contribution in [0.15, 0.2) is 72.8 Å². The number of fused-ring (bicyclic) bond motifs is 3. The van der Waals surface area contributed by atoms with Crippen LogP contribution < -0.4 is 4.90 Å². The molecule has 2 aliphatic heterocycles. The molecule has 6 rings (SSSR count). The van der Waals surface area contributed by atoms with Crippen molar-refractivity contribution in [2.45, 2.75) is 11.7 Å². The number of Topliss-reactive ketones (excluding diaryl/α,β-unsaturated/α-hetero) is 2. The molecule has 0 bridgehead atoms. The van der Waals surface area contributed by atoms with Gasteiger partial charge in [0.25, 0.3) is 5.69 Å². The van der Waals surface area contributed by atoms with Gasteiger partial charge >= 0.3 is 0 Å². The first kappa shape index (κ1) is 22.3. The Kier molecular flexibility index (Phi) is 4.73. The Labute approximate surface area is 208 Å². The van der Waals surface area contributed by atoms with Crippen molar-refractivity contribution in [1.82, 2.24) is 0 Å². The Bertz CT molecular complexity index is 1480. The largest absolute Gasteiger partial charge is 0.349 e. The molecule has 3 aliphatic rings. The first-order valence-electron chi connectivity index (χ1n) is 11.0. The summed E-state index contributed by atoms with van der Waals surface area (Å²) < 4.78 is 6.17. The van der Waals surface area contributed by atoms with Gasteiger partial charge in [0.1, 0.15) is 5.69 Å². The predicted molar refractivity (Wildman–Crippen MR) is 126 cm³/mol. The Morgan fingerprint density at radius 3 is 2.03 bits per heavy atom. The average Bonchev–Trinajstić information content (AvgIpc) is 3.44. The zero-order chi connectivity index (χ0) is 25.4. The molecule has 2 fully saturated rings. The summed E-state index contributed by atoms with van der Waals surface area (Å²) in [5.74, 6) is -5.86. The molecule has 36 heavy (non-hydrogen) atoms. The van der Waals surface area contributed by atoms with Crippen LogP contribution in [0.1, 0.15) is 32.4 Å². The van der Waals surface area contributed by atoms with Crippen molar-refractivity contribution in [3.05, 3.63) is 105 Å². The molecule has 1 aliphatic carbocycles. The summed E-state index contributed by atoms with van der Waals surface area (Å²) in [6, 6.07) is 17.8. The lowest BCUT2D eigenvalue weighted by Crippen LogP contribution is -2.51. The molecule has 3 unspecified atom stereocenters. The number of ether oxygens (including phenoxy) is 1. The Hall–Kier alpha value is -4.21. The van der Waals surface area contributed by atoms with Gasteiger partial charge in [0.05, 0.1) is 22.9 Å².